The van der Waals surface area contributed by atoms with Gasteiger partial charge in [-0.3, -0.25) is 9.59 Å². The molecule has 0 spiro atoms. The zero-order valence-corrected chi connectivity index (χ0v) is 14.2. The third-order valence-corrected chi connectivity index (χ3v) is 4.16. The molecular weight excluding hydrogens is 314 g/mol. The summed E-state index contributed by atoms with van der Waals surface area (Å²) in [5.41, 5.74) is 2.37. The van der Waals surface area contributed by atoms with Gasteiger partial charge in [0.05, 0.1) is 0 Å². The summed E-state index contributed by atoms with van der Waals surface area (Å²) in [5.74, 6) is 0.288. The molecule has 1 aliphatic rings. The van der Waals surface area contributed by atoms with E-state index in [0.29, 0.717) is 36.5 Å². The van der Waals surface area contributed by atoms with Crippen LogP contribution in [-0.4, -0.2) is 28.2 Å². The molecule has 128 valence electrons. The van der Waals surface area contributed by atoms with Gasteiger partial charge in [0.2, 0.25) is 5.91 Å². The fourth-order valence-corrected chi connectivity index (χ4v) is 2.85. The maximum atomic E-state index is 13.0. The number of carbonyl (C=O) groups is 2. The topological polar surface area (TPSA) is 62.3 Å². The van der Waals surface area contributed by atoms with Gasteiger partial charge >= 0.3 is 0 Å². The Morgan fingerprint density at radius 3 is 2.76 bits per heavy atom. The first-order valence-electron chi connectivity index (χ1n) is 8.47. The molecule has 25 heavy (non-hydrogen) atoms. The molecule has 2 aromatic rings. The van der Waals surface area contributed by atoms with E-state index >= 15 is 0 Å². The average molecular weight is 335 g/mol. The molecule has 0 unspecified atom stereocenters. The van der Waals surface area contributed by atoms with Crippen LogP contribution in [0.5, 0.6) is 0 Å². The molecule has 0 radical (unpaired) electrons. The molecule has 2 amide bonds. The molecule has 0 saturated carbocycles. The minimum Gasteiger partial charge on any atom is -0.334 e. The van der Waals surface area contributed by atoms with Gasteiger partial charge in [-0.25, -0.2) is 4.98 Å². The van der Waals surface area contributed by atoms with E-state index in [-0.39, 0.29) is 11.8 Å². The van der Waals surface area contributed by atoms with Crippen molar-refractivity contribution in [3.8, 4) is 0 Å². The van der Waals surface area contributed by atoms with E-state index in [0.717, 1.165) is 12.0 Å². The minimum absolute atomic E-state index is 0.0323. The van der Waals surface area contributed by atoms with Crippen molar-refractivity contribution < 1.29 is 9.59 Å². The van der Waals surface area contributed by atoms with Crippen LogP contribution in [0.4, 0.5) is 5.82 Å². The molecule has 5 nitrogen and oxygen atoms in total. The lowest BCUT2D eigenvalue weighted by Gasteiger charge is -2.28. The molecule has 3 rings (SSSR count). The summed E-state index contributed by atoms with van der Waals surface area (Å²) >= 11 is 0. The van der Waals surface area contributed by atoms with Crippen molar-refractivity contribution in [2.45, 2.75) is 26.3 Å². The number of aromatic nitrogens is 1. The smallest absolute Gasteiger partial charge is 0.254 e. The van der Waals surface area contributed by atoms with E-state index in [2.05, 4.69) is 10.3 Å². The Balaban J connectivity index is 1.84. The second kappa shape index (κ2) is 7.75. The molecular formula is C20H21N3O2. The van der Waals surface area contributed by atoms with Crippen LogP contribution in [0, 0.1) is 0 Å². The Morgan fingerprint density at radius 1 is 1.20 bits per heavy atom. The van der Waals surface area contributed by atoms with Gasteiger partial charge < -0.3 is 10.2 Å². The van der Waals surface area contributed by atoms with E-state index < -0.39 is 0 Å². The van der Waals surface area contributed by atoms with Crippen molar-refractivity contribution in [2.75, 3.05) is 11.9 Å². The number of nitrogens with one attached hydrogen (secondary N) is 1. The molecule has 1 aliphatic heterocycles. The minimum atomic E-state index is -0.120. The second-order valence-electron chi connectivity index (χ2n) is 5.92. The number of pyridine rings is 1. The van der Waals surface area contributed by atoms with Crippen LogP contribution >= 0.6 is 0 Å². The maximum Gasteiger partial charge on any atom is 0.254 e. The van der Waals surface area contributed by atoms with Crippen molar-refractivity contribution in [3.63, 3.8) is 0 Å². The van der Waals surface area contributed by atoms with Crippen LogP contribution in [0.25, 0.3) is 5.57 Å². The molecule has 0 saturated heterocycles. The molecule has 0 atom stereocenters. The highest BCUT2D eigenvalue weighted by atomic mass is 16.2. The van der Waals surface area contributed by atoms with Crippen molar-refractivity contribution in [3.05, 3.63) is 65.9 Å². The van der Waals surface area contributed by atoms with Crippen LogP contribution in [0.1, 0.15) is 30.9 Å². The standard InChI is InChI=1S/C20H21N3O2/c1-2-18(24)22-19-16(10-6-12-21-19)17-11-7-13-23(20(17)25)14-15-8-4-3-5-9-15/h3-6,8-12H,2,7,13-14H2,1H3,(H,21,22,24). The quantitative estimate of drug-likeness (QED) is 0.912. The van der Waals surface area contributed by atoms with Crippen LogP contribution in [0.15, 0.2) is 54.7 Å². The van der Waals surface area contributed by atoms with Crippen molar-refractivity contribution >= 4 is 23.2 Å². The van der Waals surface area contributed by atoms with Crippen LogP contribution in [0.2, 0.25) is 0 Å². The van der Waals surface area contributed by atoms with E-state index in [1.165, 1.54) is 0 Å². The lowest BCUT2D eigenvalue weighted by Crippen LogP contribution is -2.35. The average Bonchev–Trinajstić information content (AvgIpc) is 2.65. The number of rotatable bonds is 5. The van der Waals surface area contributed by atoms with Gasteiger partial charge in [-0.05, 0) is 24.1 Å². The molecule has 2 heterocycles. The summed E-state index contributed by atoms with van der Waals surface area (Å²) in [6.45, 7) is 3.05. The van der Waals surface area contributed by atoms with Gasteiger partial charge in [0.1, 0.15) is 5.82 Å². The molecule has 1 aromatic carbocycles. The number of hydrogen-bond donors (Lipinski definition) is 1. The maximum absolute atomic E-state index is 13.0. The predicted molar refractivity (Wildman–Crippen MR) is 97.6 cm³/mol. The third kappa shape index (κ3) is 3.94. The monoisotopic (exact) mass is 335 g/mol. The number of benzene rings is 1. The first-order chi connectivity index (χ1) is 12.2. The van der Waals surface area contributed by atoms with Gasteiger partial charge in [-0.15, -0.1) is 0 Å². The largest absolute Gasteiger partial charge is 0.334 e. The van der Waals surface area contributed by atoms with Crippen molar-refractivity contribution in [1.29, 1.82) is 0 Å². The lowest BCUT2D eigenvalue weighted by atomic mass is 10.00. The SMILES string of the molecule is CCC(=O)Nc1ncccc1C1=CCCN(Cc2ccccc2)C1=O. The third-order valence-electron chi connectivity index (χ3n) is 4.16. The van der Waals surface area contributed by atoms with Gasteiger partial charge in [0.15, 0.2) is 0 Å². The predicted octanol–water partition coefficient (Wildman–Crippen LogP) is 3.25. The summed E-state index contributed by atoms with van der Waals surface area (Å²) in [7, 11) is 0. The number of carbonyl (C=O) groups excluding carboxylic acids is 2. The first-order valence-corrected chi connectivity index (χ1v) is 8.47. The summed E-state index contributed by atoms with van der Waals surface area (Å²) in [5, 5.41) is 2.78. The fraction of sp³-hybridized carbons (Fsp3) is 0.250. The summed E-state index contributed by atoms with van der Waals surface area (Å²) in [6, 6.07) is 13.5. The Labute approximate surface area is 147 Å². The Hall–Kier alpha value is -2.95. The first kappa shape index (κ1) is 16.9. The fourth-order valence-electron chi connectivity index (χ4n) is 2.85. The van der Waals surface area contributed by atoms with Crippen LogP contribution < -0.4 is 5.32 Å². The van der Waals surface area contributed by atoms with Crippen molar-refractivity contribution in [2.24, 2.45) is 0 Å². The van der Waals surface area contributed by atoms with Crippen LogP contribution in [0.3, 0.4) is 0 Å². The Kier molecular flexibility index (Phi) is 5.23. The molecule has 0 fully saturated rings. The number of hydrogen-bond acceptors (Lipinski definition) is 3. The zero-order valence-electron chi connectivity index (χ0n) is 14.2. The van der Waals surface area contributed by atoms with Gasteiger partial charge in [0.25, 0.3) is 5.91 Å². The lowest BCUT2D eigenvalue weighted by molar-refractivity contribution is -0.126. The highest BCUT2D eigenvalue weighted by molar-refractivity contribution is 6.21. The molecule has 0 bridgehead atoms. The summed E-state index contributed by atoms with van der Waals surface area (Å²) < 4.78 is 0. The number of anilines is 1. The number of amides is 2. The number of nitrogens with zero attached hydrogens (tertiary/aromatic N) is 2. The Bertz CT molecular complexity index is 800. The van der Waals surface area contributed by atoms with Crippen LogP contribution in [-0.2, 0) is 16.1 Å². The van der Waals surface area contributed by atoms with Gasteiger partial charge in [0, 0.05) is 36.8 Å². The second-order valence-corrected chi connectivity index (χ2v) is 5.92. The molecule has 1 N–H and O–H groups in total. The molecule has 0 aliphatic carbocycles. The van der Waals surface area contributed by atoms with Crippen molar-refractivity contribution in [1.82, 2.24) is 9.88 Å². The van der Waals surface area contributed by atoms with E-state index in [9.17, 15) is 9.59 Å². The van der Waals surface area contributed by atoms with E-state index in [1.54, 1.807) is 19.2 Å². The van der Waals surface area contributed by atoms with E-state index in [1.807, 2.05) is 47.4 Å². The molecule has 1 aromatic heterocycles. The Morgan fingerprint density at radius 2 is 2.00 bits per heavy atom. The molecule has 5 heteroatoms. The summed E-state index contributed by atoms with van der Waals surface area (Å²) in [4.78, 5) is 30.8. The zero-order chi connectivity index (χ0) is 17.6. The normalized spacial score (nSPS) is 14.2. The van der Waals surface area contributed by atoms with Gasteiger partial charge in [-0.2, -0.15) is 0 Å². The highest BCUT2D eigenvalue weighted by Gasteiger charge is 2.25. The van der Waals surface area contributed by atoms with E-state index in [4.69, 9.17) is 0 Å². The summed E-state index contributed by atoms with van der Waals surface area (Å²) in [6.07, 6.45) is 4.69. The van der Waals surface area contributed by atoms with Gasteiger partial charge in [-0.1, -0.05) is 43.3 Å². The highest BCUT2D eigenvalue weighted by Crippen LogP contribution is 2.27.